The van der Waals surface area contributed by atoms with E-state index in [-0.39, 0.29) is 24.1 Å². The number of amides is 1. The molecule has 0 unspecified atom stereocenters. The lowest BCUT2D eigenvalue weighted by atomic mass is 9.96. The first kappa shape index (κ1) is 16.4. The van der Waals surface area contributed by atoms with E-state index in [1.54, 1.807) is 0 Å². The molecule has 0 fully saturated rings. The predicted octanol–water partition coefficient (Wildman–Crippen LogP) is 1.83. The van der Waals surface area contributed by atoms with Crippen LogP contribution in [0.2, 0.25) is 0 Å². The van der Waals surface area contributed by atoms with E-state index < -0.39 is 0 Å². The van der Waals surface area contributed by atoms with Gasteiger partial charge in [0.05, 0.1) is 6.61 Å². The summed E-state index contributed by atoms with van der Waals surface area (Å²) in [5.41, 5.74) is 5.78. The van der Waals surface area contributed by atoms with Crippen LogP contribution >= 0.6 is 0 Å². The lowest BCUT2D eigenvalue weighted by Crippen LogP contribution is -2.44. The molecule has 0 bridgehead atoms. The maximum absolute atomic E-state index is 11.6. The number of carbonyl (C=O) groups excluding carboxylic acids is 1. The lowest BCUT2D eigenvalue weighted by Gasteiger charge is -2.26. The van der Waals surface area contributed by atoms with E-state index in [2.05, 4.69) is 19.2 Å². The van der Waals surface area contributed by atoms with Crippen LogP contribution in [0.5, 0.6) is 0 Å². The van der Waals surface area contributed by atoms with Crippen molar-refractivity contribution in [3.05, 3.63) is 0 Å². The van der Waals surface area contributed by atoms with Gasteiger partial charge in [-0.15, -0.1) is 0 Å². The molecule has 4 heteroatoms. The molecule has 0 heterocycles. The molecule has 0 saturated heterocycles. The van der Waals surface area contributed by atoms with E-state index in [1.807, 2.05) is 13.8 Å². The standard InChI is InChI=1S/C13H28N2O2/c1-5-11(6-2)15-12(16)9-17-10-13(14,7-3)8-4/h11H,5-10,14H2,1-4H3,(H,15,16). The number of nitrogens with one attached hydrogen (secondary N) is 1. The number of carbonyl (C=O) groups is 1. The van der Waals surface area contributed by atoms with Crippen LogP contribution in [0.4, 0.5) is 0 Å². The Morgan fingerprint density at radius 2 is 1.76 bits per heavy atom. The molecule has 0 radical (unpaired) electrons. The first-order valence-corrected chi connectivity index (χ1v) is 6.67. The van der Waals surface area contributed by atoms with Gasteiger partial charge in [0, 0.05) is 11.6 Å². The normalized spacial score (nSPS) is 11.9. The molecule has 0 atom stereocenters. The third-order valence-corrected chi connectivity index (χ3v) is 3.38. The minimum absolute atomic E-state index is 0.0479. The highest BCUT2D eigenvalue weighted by Crippen LogP contribution is 2.11. The minimum Gasteiger partial charge on any atom is -0.370 e. The Balaban J connectivity index is 3.85. The summed E-state index contributed by atoms with van der Waals surface area (Å²) in [5.74, 6) is -0.0479. The maximum Gasteiger partial charge on any atom is 0.246 e. The molecular formula is C13H28N2O2. The molecular weight excluding hydrogens is 216 g/mol. The van der Waals surface area contributed by atoms with E-state index in [4.69, 9.17) is 10.5 Å². The van der Waals surface area contributed by atoms with E-state index in [9.17, 15) is 4.79 Å². The third-order valence-electron chi connectivity index (χ3n) is 3.38. The summed E-state index contributed by atoms with van der Waals surface area (Å²) in [4.78, 5) is 11.6. The smallest absolute Gasteiger partial charge is 0.246 e. The first-order valence-electron chi connectivity index (χ1n) is 6.67. The lowest BCUT2D eigenvalue weighted by molar-refractivity contribution is -0.127. The van der Waals surface area contributed by atoms with Gasteiger partial charge in [0.2, 0.25) is 5.91 Å². The molecule has 0 aromatic carbocycles. The molecule has 102 valence electrons. The molecule has 0 saturated carbocycles. The number of ether oxygens (including phenoxy) is 1. The molecule has 0 spiro atoms. The number of hydrogen-bond acceptors (Lipinski definition) is 3. The average molecular weight is 244 g/mol. The fourth-order valence-corrected chi connectivity index (χ4v) is 1.56. The molecule has 3 N–H and O–H groups in total. The van der Waals surface area contributed by atoms with Gasteiger partial charge < -0.3 is 15.8 Å². The van der Waals surface area contributed by atoms with Crippen LogP contribution < -0.4 is 11.1 Å². The summed E-state index contributed by atoms with van der Waals surface area (Å²) in [5, 5.41) is 2.93. The Hall–Kier alpha value is -0.610. The van der Waals surface area contributed by atoms with Crippen molar-refractivity contribution < 1.29 is 9.53 Å². The van der Waals surface area contributed by atoms with Crippen molar-refractivity contribution in [1.29, 1.82) is 0 Å². The quantitative estimate of drug-likeness (QED) is 0.650. The zero-order valence-corrected chi connectivity index (χ0v) is 11.7. The largest absolute Gasteiger partial charge is 0.370 e. The van der Waals surface area contributed by atoms with Crippen molar-refractivity contribution in [3.8, 4) is 0 Å². The summed E-state index contributed by atoms with van der Waals surface area (Å²) in [7, 11) is 0. The summed E-state index contributed by atoms with van der Waals surface area (Å²) in [6.07, 6.45) is 3.62. The molecule has 0 aliphatic carbocycles. The number of hydrogen-bond donors (Lipinski definition) is 2. The van der Waals surface area contributed by atoms with Crippen molar-refractivity contribution in [3.63, 3.8) is 0 Å². The average Bonchev–Trinajstić information content (AvgIpc) is 2.35. The van der Waals surface area contributed by atoms with Crippen molar-refractivity contribution in [2.45, 2.75) is 65.0 Å². The highest BCUT2D eigenvalue weighted by molar-refractivity contribution is 5.77. The van der Waals surface area contributed by atoms with Crippen LogP contribution in [-0.4, -0.2) is 30.7 Å². The molecule has 17 heavy (non-hydrogen) atoms. The van der Waals surface area contributed by atoms with Gasteiger partial charge in [-0.2, -0.15) is 0 Å². The SMILES string of the molecule is CCC(CC)NC(=O)COCC(N)(CC)CC. The first-order chi connectivity index (χ1) is 8.01. The maximum atomic E-state index is 11.6. The zero-order chi connectivity index (χ0) is 13.3. The topological polar surface area (TPSA) is 64.3 Å². The molecule has 0 aromatic heterocycles. The summed E-state index contributed by atoms with van der Waals surface area (Å²) < 4.78 is 5.40. The second kappa shape index (κ2) is 8.48. The Kier molecular flexibility index (Phi) is 8.17. The summed E-state index contributed by atoms with van der Waals surface area (Å²) in [6, 6.07) is 0.256. The van der Waals surface area contributed by atoms with Crippen LogP contribution in [0.15, 0.2) is 0 Å². The Bertz CT molecular complexity index is 211. The third kappa shape index (κ3) is 6.64. The van der Waals surface area contributed by atoms with Crippen molar-refractivity contribution >= 4 is 5.91 Å². The van der Waals surface area contributed by atoms with Gasteiger partial charge >= 0.3 is 0 Å². The van der Waals surface area contributed by atoms with Gasteiger partial charge in [-0.1, -0.05) is 27.7 Å². The minimum atomic E-state index is -0.296. The van der Waals surface area contributed by atoms with Gasteiger partial charge in [0.15, 0.2) is 0 Å². The molecule has 0 rings (SSSR count). The summed E-state index contributed by atoms with van der Waals surface area (Å²) in [6.45, 7) is 8.75. The molecule has 0 aromatic rings. The van der Waals surface area contributed by atoms with Gasteiger partial charge in [-0.3, -0.25) is 4.79 Å². The molecule has 4 nitrogen and oxygen atoms in total. The second-order valence-corrected chi connectivity index (χ2v) is 4.64. The molecule has 0 aliphatic rings. The van der Waals surface area contributed by atoms with E-state index in [1.165, 1.54) is 0 Å². The monoisotopic (exact) mass is 244 g/mol. The molecule has 1 amide bonds. The van der Waals surface area contributed by atoms with Crippen LogP contribution in [-0.2, 0) is 9.53 Å². The van der Waals surface area contributed by atoms with Crippen molar-refractivity contribution in [2.75, 3.05) is 13.2 Å². The Morgan fingerprint density at radius 1 is 1.24 bits per heavy atom. The predicted molar refractivity (Wildman–Crippen MR) is 70.8 cm³/mol. The molecule has 0 aliphatic heterocycles. The van der Waals surface area contributed by atoms with Crippen molar-refractivity contribution in [2.24, 2.45) is 5.73 Å². The van der Waals surface area contributed by atoms with E-state index >= 15 is 0 Å². The van der Waals surface area contributed by atoms with Gasteiger partial charge in [0.1, 0.15) is 6.61 Å². The Morgan fingerprint density at radius 3 is 2.18 bits per heavy atom. The van der Waals surface area contributed by atoms with Crippen LogP contribution in [0, 0.1) is 0 Å². The van der Waals surface area contributed by atoms with E-state index in [0.29, 0.717) is 6.61 Å². The fourth-order valence-electron chi connectivity index (χ4n) is 1.56. The fraction of sp³-hybridized carbons (Fsp3) is 0.923. The van der Waals surface area contributed by atoms with E-state index in [0.717, 1.165) is 25.7 Å². The summed E-state index contributed by atoms with van der Waals surface area (Å²) >= 11 is 0. The Labute approximate surface area is 105 Å². The van der Waals surface area contributed by atoms with Crippen LogP contribution in [0.3, 0.4) is 0 Å². The number of rotatable bonds is 9. The van der Waals surface area contributed by atoms with Crippen LogP contribution in [0.25, 0.3) is 0 Å². The highest BCUT2D eigenvalue weighted by Gasteiger charge is 2.20. The second-order valence-electron chi connectivity index (χ2n) is 4.64. The van der Waals surface area contributed by atoms with Gasteiger partial charge in [-0.25, -0.2) is 0 Å². The van der Waals surface area contributed by atoms with Crippen LogP contribution in [0.1, 0.15) is 53.4 Å². The van der Waals surface area contributed by atoms with Crippen molar-refractivity contribution in [1.82, 2.24) is 5.32 Å². The van der Waals surface area contributed by atoms with Gasteiger partial charge in [0.25, 0.3) is 0 Å². The highest BCUT2D eigenvalue weighted by atomic mass is 16.5. The van der Waals surface area contributed by atoms with Gasteiger partial charge in [-0.05, 0) is 25.7 Å². The number of nitrogens with two attached hydrogens (primary N) is 1. The zero-order valence-electron chi connectivity index (χ0n) is 11.7.